The molecule has 1 heterocycles. The van der Waals surface area contributed by atoms with Crippen LogP contribution in [-0.4, -0.2) is 61.3 Å². The SMILES string of the molecule is C#CCNC(=O)CCNC(=O)CCc1nc2cc(S(=O)(=O)N(C)C)ccc2n1C. The molecule has 0 saturated carbocycles. The van der Waals surface area contributed by atoms with E-state index in [9.17, 15) is 18.0 Å². The van der Waals surface area contributed by atoms with Gasteiger partial charge in [0.15, 0.2) is 0 Å². The van der Waals surface area contributed by atoms with Crippen molar-refractivity contribution in [2.45, 2.75) is 24.2 Å². The van der Waals surface area contributed by atoms with Crippen LogP contribution in [0, 0.1) is 12.3 Å². The van der Waals surface area contributed by atoms with Crippen molar-refractivity contribution in [1.82, 2.24) is 24.5 Å². The van der Waals surface area contributed by atoms with Gasteiger partial charge >= 0.3 is 0 Å². The number of carbonyl (C=O) groups is 2. The lowest BCUT2D eigenvalue weighted by molar-refractivity contribution is -0.122. The second-order valence-corrected chi connectivity index (χ2v) is 8.76. The molecule has 0 aliphatic heterocycles. The molecule has 0 aliphatic carbocycles. The summed E-state index contributed by atoms with van der Waals surface area (Å²) in [5, 5.41) is 5.20. The van der Waals surface area contributed by atoms with Gasteiger partial charge in [0.2, 0.25) is 21.8 Å². The summed E-state index contributed by atoms with van der Waals surface area (Å²) in [7, 11) is 1.22. The van der Waals surface area contributed by atoms with E-state index in [2.05, 4.69) is 21.5 Å². The Kier molecular flexibility index (Phi) is 7.36. The van der Waals surface area contributed by atoms with Gasteiger partial charge in [-0.1, -0.05) is 5.92 Å². The molecule has 0 spiro atoms. The predicted molar refractivity (Wildman–Crippen MR) is 109 cm³/mol. The summed E-state index contributed by atoms with van der Waals surface area (Å²) in [6, 6.07) is 4.78. The lowest BCUT2D eigenvalue weighted by Crippen LogP contribution is -2.31. The maximum atomic E-state index is 12.3. The number of imidazole rings is 1. The van der Waals surface area contributed by atoms with Gasteiger partial charge < -0.3 is 15.2 Å². The Morgan fingerprint density at radius 1 is 1.21 bits per heavy atom. The third kappa shape index (κ3) is 5.56. The molecule has 156 valence electrons. The van der Waals surface area contributed by atoms with Crippen molar-refractivity contribution >= 4 is 32.9 Å². The van der Waals surface area contributed by atoms with E-state index in [0.717, 1.165) is 9.82 Å². The molecule has 2 aromatic rings. The molecule has 0 aliphatic rings. The van der Waals surface area contributed by atoms with E-state index in [1.807, 2.05) is 11.6 Å². The molecular weight excluding hydrogens is 394 g/mol. The van der Waals surface area contributed by atoms with Crippen molar-refractivity contribution in [1.29, 1.82) is 0 Å². The molecule has 0 bridgehead atoms. The number of hydrogen-bond donors (Lipinski definition) is 2. The molecule has 9 nitrogen and oxygen atoms in total. The topological polar surface area (TPSA) is 113 Å². The molecular formula is C19H25N5O4S. The van der Waals surface area contributed by atoms with Crippen LogP contribution in [0.5, 0.6) is 0 Å². The minimum atomic E-state index is -3.54. The van der Waals surface area contributed by atoms with Crippen LogP contribution in [-0.2, 0) is 33.1 Å². The second-order valence-electron chi connectivity index (χ2n) is 6.61. The number of rotatable bonds is 9. The fourth-order valence-corrected chi connectivity index (χ4v) is 3.61. The largest absolute Gasteiger partial charge is 0.356 e. The van der Waals surface area contributed by atoms with Crippen molar-refractivity contribution in [2.24, 2.45) is 7.05 Å². The molecule has 0 fully saturated rings. The molecule has 0 atom stereocenters. The lowest BCUT2D eigenvalue weighted by Gasteiger charge is -2.10. The average molecular weight is 420 g/mol. The van der Waals surface area contributed by atoms with Crippen LogP contribution < -0.4 is 10.6 Å². The third-order valence-electron chi connectivity index (χ3n) is 4.36. The zero-order valence-corrected chi connectivity index (χ0v) is 17.5. The van der Waals surface area contributed by atoms with Gasteiger partial charge in [0.05, 0.1) is 22.5 Å². The molecule has 1 aromatic heterocycles. The number of nitrogens with one attached hydrogen (secondary N) is 2. The highest BCUT2D eigenvalue weighted by molar-refractivity contribution is 7.89. The Morgan fingerprint density at radius 3 is 2.55 bits per heavy atom. The highest BCUT2D eigenvalue weighted by Gasteiger charge is 2.19. The highest BCUT2D eigenvalue weighted by atomic mass is 32.2. The Morgan fingerprint density at radius 2 is 1.90 bits per heavy atom. The Hall–Kier alpha value is -2.90. The van der Waals surface area contributed by atoms with Crippen LogP contribution >= 0.6 is 0 Å². The van der Waals surface area contributed by atoms with Crippen molar-refractivity contribution < 1.29 is 18.0 Å². The van der Waals surface area contributed by atoms with E-state index in [-0.39, 0.29) is 42.6 Å². The molecule has 1 aromatic carbocycles. The number of nitrogens with zero attached hydrogens (tertiary/aromatic N) is 3. The van der Waals surface area contributed by atoms with E-state index < -0.39 is 10.0 Å². The maximum Gasteiger partial charge on any atom is 0.242 e. The summed E-state index contributed by atoms with van der Waals surface area (Å²) in [4.78, 5) is 28.1. The van der Waals surface area contributed by atoms with Crippen LogP contribution in [0.15, 0.2) is 23.1 Å². The van der Waals surface area contributed by atoms with Crippen molar-refractivity contribution in [2.75, 3.05) is 27.2 Å². The Balaban J connectivity index is 1.98. The Labute approximate surface area is 170 Å². The number of aromatic nitrogens is 2. The zero-order chi connectivity index (χ0) is 21.6. The first-order chi connectivity index (χ1) is 13.7. The van der Waals surface area contributed by atoms with Crippen molar-refractivity contribution in [3.8, 4) is 12.3 Å². The zero-order valence-electron chi connectivity index (χ0n) is 16.7. The van der Waals surface area contributed by atoms with Gasteiger partial charge in [0.25, 0.3) is 0 Å². The smallest absolute Gasteiger partial charge is 0.242 e. The standard InChI is InChI=1S/C19H25N5O4S/c1-5-11-20-19(26)10-12-21-18(25)9-8-17-22-15-13-14(29(27,28)23(2)3)6-7-16(15)24(17)4/h1,6-7,13H,8-12H2,2-4H3,(H,20,26)(H,21,25). The molecule has 29 heavy (non-hydrogen) atoms. The van der Waals surface area contributed by atoms with Crippen molar-refractivity contribution in [3.05, 3.63) is 24.0 Å². The van der Waals surface area contributed by atoms with Gasteiger partial charge in [-0.15, -0.1) is 6.42 Å². The average Bonchev–Trinajstić information content (AvgIpc) is 2.99. The maximum absolute atomic E-state index is 12.3. The number of fused-ring (bicyclic) bond motifs is 1. The summed E-state index contributed by atoms with van der Waals surface area (Å²) < 4.78 is 27.6. The first kappa shape index (κ1) is 22.4. The van der Waals surface area contributed by atoms with E-state index in [1.165, 1.54) is 20.2 Å². The normalized spacial score (nSPS) is 11.4. The summed E-state index contributed by atoms with van der Waals surface area (Å²) in [6.45, 7) is 0.389. The second kappa shape index (κ2) is 9.54. The van der Waals surface area contributed by atoms with Gasteiger partial charge in [-0.25, -0.2) is 17.7 Å². The fourth-order valence-electron chi connectivity index (χ4n) is 2.69. The number of aryl methyl sites for hydroxylation is 2. The van der Waals surface area contributed by atoms with E-state index >= 15 is 0 Å². The number of hydrogen-bond acceptors (Lipinski definition) is 5. The number of amides is 2. The summed E-state index contributed by atoms with van der Waals surface area (Å²) in [5.41, 5.74) is 1.33. The van der Waals surface area contributed by atoms with E-state index in [0.29, 0.717) is 17.8 Å². The summed E-state index contributed by atoms with van der Waals surface area (Å²) in [5.74, 6) is 2.56. The molecule has 2 rings (SSSR count). The predicted octanol–water partition coefficient (Wildman–Crippen LogP) is 0.0119. The highest BCUT2D eigenvalue weighted by Crippen LogP contribution is 2.21. The molecule has 0 saturated heterocycles. The van der Waals surface area contributed by atoms with Crippen LogP contribution in [0.4, 0.5) is 0 Å². The fraction of sp³-hybridized carbons (Fsp3) is 0.421. The molecule has 2 N–H and O–H groups in total. The quantitative estimate of drug-likeness (QED) is 0.556. The first-order valence-corrected chi connectivity index (χ1v) is 10.5. The summed E-state index contributed by atoms with van der Waals surface area (Å²) >= 11 is 0. The lowest BCUT2D eigenvalue weighted by atomic mass is 10.2. The van der Waals surface area contributed by atoms with Gasteiger partial charge in [-0.2, -0.15) is 0 Å². The van der Waals surface area contributed by atoms with Gasteiger partial charge in [-0.3, -0.25) is 9.59 Å². The van der Waals surface area contributed by atoms with Crippen LogP contribution in [0.3, 0.4) is 0 Å². The number of terminal acetylenes is 1. The Bertz CT molecular complexity index is 1050. The molecule has 2 amide bonds. The van der Waals surface area contributed by atoms with Crippen molar-refractivity contribution in [3.63, 3.8) is 0 Å². The molecule has 0 radical (unpaired) electrons. The number of carbonyl (C=O) groups excluding carboxylic acids is 2. The number of sulfonamides is 1. The molecule has 0 unspecified atom stereocenters. The van der Waals surface area contributed by atoms with E-state index in [4.69, 9.17) is 6.42 Å². The first-order valence-electron chi connectivity index (χ1n) is 9.01. The van der Waals surface area contributed by atoms with Crippen LogP contribution in [0.1, 0.15) is 18.7 Å². The minimum Gasteiger partial charge on any atom is -0.356 e. The van der Waals surface area contributed by atoms with Gasteiger partial charge in [0, 0.05) is 47.0 Å². The third-order valence-corrected chi connectivity index (χ3v) is 6.17. The number of benzene rings is 1. The van der Waals surface area contributed by atoms with Gasteiger partial charge in [0.1, 0.15) is 5.82 Å². The monoisotopic (exact) mass is 419 g/mol. The summed E-state index contributed by atoms with van der Waals surface area (Å²) in [6.07, 6.45) is 5.80. The van der Waals surface area contributed by atoms with Gasteiger partial charge in [-0.05, 0) is 18.2 Å². The van der Waals surface area contributed by atoms with E-state index in [1.54, 1.807) is 12.1 Å². The van der Waals surface area contributed by atoms with Crippen LogP contribution in [0.25, 0.3) is 11.0 Å². The minimum absolute atomic E-state index is 0.156. The van der Waals surface area contributed by atoms with Crippen LogP contribution in [0.2, 0.25) is 0 Å². The molecule has 10 heteroatoms.